The van der Waals surface area contributed by atoms with Crippen molar-refractivity contribution in [2.45, 2.75) is 39.0 Å². The van der Waals surface area contributed by atoms with Crippen LogP contribution in [0.3, 0.4) is 0 Å². The number of hydrogen-bond acceptors (Lipinski definition) is 3. The summed E-state index contributed by atoms with van der Waals surface area (Å²) in [6, 6.07) is 0. The van der Waals surface area contributed by atoms with E-state index in [-0.39, 0.29) is 17.2 Å². The Bertz CT molecular complexity index is 378. The number of carbonyl (C=O) groups excluding carboxylic acids is 1. The number of carboxylic acids is 1. The lowest BCUT2D eigenvalue weighted by molar-refractivity contribution is -0.146. The molecule has 0 saturated heterocycles. The number of methoxy groups -OCH3 is 1. The van der Waals surface area contributed by atoms with Crippen molar-refractivity contribution in [2.24, 2.45) is 23.2 Å². The van der Waals surface area contributed by atoms with Crippen LogP contribution in [0.1, 0.15) is 39.0 Å². The van der Waals surface area contributed by atoms with Gasteiger partial charge in [-0.3, -0.25) is 9.59 Å². The lowest BCUT2D eigenvalue weighted by atomic mass is 9.94. The van der Waals surface area contributed by atoms with Crippen LogP contribution in [0.5, 0.6) is 0 Å². The maximum Gasteiger partial charge on any atom is 0.307 e. The van der Waals surface area contributed by atoms with Crippen LogP contribution in [-0.4, -0.2) is 37.2 Å². The lowest BCUT2D eigenvalue weighted by Crippen LogP contribution is -2.38. The second-order valence-corrected chi connectivity index (χ2v) is 6.59. The molecule has 0 aromatic heterocycles. The fraction of sp³-hybridized carbons (Fsp3) is 0.867. The second-order valence-electron chi connectivity index (χ2n) is 6.59. The first-order chi connectivity index (χ1) is 9.47. The van der Waals surface area contributed by atoms with Crippen molar-refractivity contribution in [1.82, 2.24) is 5.32 Å². The summed E-state index contributed by atoms with van der Waals surface area (Å²) in [5, 5.41) is 12.2. The summed E-state index contributed by atoms with van der Waals surface area (Å²) in [6.45, 7) is 3.39. The average Bonchev–Trinajstić information content (AvgIpc) is 3.07. The fourth-order valence-corrected chi connectivity index (χ4v) is 3.27. The Morgan fingerprint density at radius 3 is 2.50 bits per heavy atom. The van der Waals surface area contributed by atoms with Crippen molar-refractivity contribution in [3.63, 3.8) is 0 Å². The Kier molecular flexibility index (Phi) is 4.68. The smallest absolute Gasteiger partial charge is 0.307 e. The highest BCUT2D eigenvalue weighted by atomic mass is 16.5. The van der Waals surface area contributed by atoms with Gasteiger partial charge in [-0.25, -0.2) is 0 Å². The van der Waals surface area contributed by atoms with Gasteiger partial charge in [0.25, 0.3) is 0 Å². The molecule has 0 aliphatic heterocycles. The van der Waals surface area contributed by atoms with E-state index in [1.54, 1.807) is 7.11 Å². The van der Waals surface area contributed by atoms with Gasteiger partial charge < -0.3 is 15.2 Å². The number of ether oxygens (including phenoxy) is 1. The summed E-state index contributed by atoms with van der Waals surface area (Å²) in [5.41, 5.74) is 0.203. The maximum atomic E-state index is 12.2. The SMILES string of the molecule is COCCC1(CNC(=O)[C@H]2CC(C)C[C@H]2C(=O)O)CC1. The van der Waals surface area contributed by atoms with E-state index in [9.17, 15) is 14.7 Å². The molecule has 2 saturated carbocycles. The summed E-state index contributed by atoms with van der Waals surface area (Å²) < 4.78 is 5.10. The maximum absolute atomic E-state index is 12.2. The van der Waals surface area contributed by atoms with Gasteiger partial charge in [0.15, 0.2) is 0 Å². The molecule has 0 aromatic rings. The highest BCUT2D eigenvalue weighted by Crippen LogP contribution is 2.48. The monoisotopic (exact) mass is 283 g/mol. The summed E-state index contributed by atoms with van der Waals surface area (Å²) >= 11 is 0. The van der Waals surface area contributed by atoms with E-state index < -0.39 is 11.9 Å². The van der Waals surface area contributed by atoms with Gasteiger partial charge in [0.05, 0.1) is 11.8 Å². The molecule has 0 radical (unpaired) electrons. The Morgan fingerprint density at radius 2 is 1.95 bits per heavy atom. The van der Waals surface area contributed by atoms with E-state index in [4.69, 9.17) is 4.74 Å². The zero-order valence-corrected chi connectivity index (χ0v) is 12.4. The molecule has 0 spiro atoms. The molecule has 20 heavy (non-hydrogen) atoms. The van der Waals surface area contributed by atoms with E-state index in [1.165, 1.54) is 0 Å². The minimum atomic E-state index is -0.838. The van der Waals surface area contributed by atoms with Gasteiger partial charge in [-0.05, 0) is 43.4 Å². The number of rotatable bonds is 7. The molecule has 1 unspecified atom stereocenters. The van der Waals surface area contributed by atoms with Crippen LogP contribution >= 0.6 is 0 Å². The first kappa shape index (κ1) is 15.3. The molecule has 5 heteroatoms. The van der Waals surface area contributed by atoms with Crippen molar-refractivity contribution in [1.29, 1.82) is 0 Å². The van der Waals surface area contributed by atoms with Crippen LogP contribution < -0.4 is 5.32 Å². The predicted molar refractivity (Wildman–Crippen MR) is 74.2 cm³/mol. The molecule has 5 nitrogen and oxygen atoms in total. The van der Waals surface area contributed by atoms with Gasteiger partial charge in [0, 0.05) is 20.3 Å². The van der Waals surface area contributed by atoms with Gasteiger partial charge >= 0.3 is 5.97 Å². The number of carbonyl (C=O) groups is 2. The number of amides is 1. The van der Waals surface area contributed by atoms with Gasteiger partial charge in [-0.1, -0.05) is 6.92 Å². The molecule has 114 valence electrons. The highest BCUT2D eigenvalue weighted by molar-refractivity contribution is 5.85. The Hall–Kier alpha value is -1.10. The summed E-state index contributed by atoms with van der Waals surface area (Å²) in [4.78, 5) is 23.5. The van der Waals surface area contributed by atoms with Crippen LogP contribution in [0.4, 0.5) is 0 Å². The van der Waals surface area contributed by atoms with E-state index in [0.717, 1.165) is 19.3 Å². The third-order valence-corrected chi connectivity index (χ3v) is 4.88. The van der Waals surface area contributed by atoms with E-state index in [0.29, 0.717) is 31.9 Å². The molecule has 0 heterocycles. The molecule has 0 bridgehead atoms. The topological polar surface area (TPSA) is 75.6 Å². The molecule has 2 aliphatic rings. The zero-order valence-electron chi connectivity index (χ0n) is 12.4. The normalized spacial score (nSPS) is 31.0. The number of hydrogen-bond donors (Lipinski definition) is 2. The summed E-state index contributed by atoms with van der Waals surface area (Å²) in [5.74, 6) is -1.48. The molecule has 3 atom stereocenters. The minimum absolute atomic E-state index is 0.0783. The Labute approximate surface area is 120 Å². The van der Waals surface area contributed by atoms with E-state index in [2.05, 4.69) is 5.32 Å². The third-order valence-electron chi connectivity index (χ3n) is 4.88. The molecular weight excluding hydrogens is 258 g/mol. The van der Waals surface area contributed by atoms with Crippen LogP contribution in [0.25, 0.3) is 0 Å². The molecule has 2 rings (SSSR count). The van der Waals surface area contributed by atoms with E-state index >= 15 is 0 Å². The quantitative estimate of drug-likeness (QED) is 0.745. The van der Waals surface area contributed by atoms with Crippen LogP contribution in [0, 0.1) is 23.2 Å². The zero-order chi connectivity index (χ0) is 14.8. The first-order valence-electron chi connectivity index (χ1n) is 7.47. The van der Waals surface area contributed by atoms with Crippen LogP contribution in [0.15, 0.2) is 0 Å². The molecule has 0 aromatic carbocycles. The average molecular weight is 283 g/mol. The van der Waals surface area contributed by atoms with Crippen molar-refractivity contribution in [2.75, 3.05) is 20.3 Å². The lowest BCUT2D eigenvalue weighted by Gasteiger charge is -2.19. The largest absolute Gasteiger partial charge is 0.481 e. The predicted octanol–water partition coefficient (Wildman–Crippen LogP) is 1.67. The van der Waals surface area contributed by atoms with Crippen molar-refractivity contribution >= 4 is 11.9 Å². The standard InChI is InChI=1S/C15H25NO4/c1-10-7-11(12(8-10)14(18)19)13(17)16-9-15(3-4-15)5-6-20-2/h10-12H,3-9H2,1-2H3,(H,16,17)(H,18,19)/t10?,11-,12+/m0/s1. The Balaban J connectivity index is 1.84. The number of nitrogens with one attached hydrogen (secondary N) is 1. The first-order valence-corrected chi connectivity index (χ1v) is 7.47. The minimum Gasteiger partial charge on any atom is -0.481 e. The molecular formula is C15H25NO4. The van der Waals surface area contributed by atoms with Crippen LogP contribution in [0.2, 0.25) is 0 Å². The molecule has 2 fully saturated rings. The van der Waals surface area contributed by atoms with Gasteiger partial charge in [0.2, 0.25) is 5.91 Å². The number of aliphatic carboxylic acids is 1. The fourth-order valence-electron chi connectivity index (χ4n) is 3.27. The van der Waals surface area contributed by atoms with E-state index in [1.807, 2.05) is 6.92 Å². The molecule has 2 N–H and O–H groups in total. The van der Waals surface area contributed by atoms with Gasteiger partial charge in [-0.2, -0.15) is 0 Å². The molecule has 1 amide bonds. The summed E-state index contributed by atoms with van der Waals surface area (Å²) in [6.07, 6.45) is 4.52. The van der Waals surface area contributed by atoms with Crippen molar-refractivity contribution in [3.8, 4) is 0 Å². The van der Waals surface area contributed by atoms with Gasteiger partial charge in [0.1, 0.15) is 0 Å². The second kappa shape index (κ2) is 6.12. The van der Waals surface area contributed by atoms with Crippen LogP contribution in [-0.2, 0) is 14.3 Å². The third kappa shape index (κ3) is 3.51. The van der Waals surface area contributed by atoms with Crippen molar-refractivity contribution < 1.29 is 19.4 Å². The molecule has 2 aliphatic carbocycles. The highest BCUT2D eigenvalue weighted by Gasteiger charge is 2.44. The number of carboxylic acid groups (broad SMARTS) is 1. The summed E-state index contributed by atoms with van der Waals surface area (Å²) in [7, 11) is 1.69. The Morgan fingerprint density at radius 1 is 1.30 bits per heavy atom. The van der Waals surface area contributed by atoms with Crippen molar-refractivity contribution in [3.05, 3.63) is 0 Å². The van der Waals surface area contributed by atoms with Gasteiger partial charge in [-0.15, -0.1) is 0 Å².